The second kappa shape index (κ2) is 3.34. The van der Waals surface area contributed by atoms with Crippen molar-refractivity contribution in [2.75, 3.05) is 5.32 Å². The monoisotopic (exact) mass is 206 g/mol. The van der Waals surface area contributed by atoms with E-state index in [0.29, 0.717) is 12.1 Å². The van der Waals surface area contributed by atoms with Gasteiger partial charge in [-0.05, 0) is 19.3 Å². The molecule has 0 aliphatic carbocycles. The van der Waals surface area contributed by atoms with E-state index in [0.717, 1.165) is 18.5 Å². The number of nitrogens with one attached hydrogen (secondary N) is 3. The fraction of sp³-hybridized carbons (Fsp3) is 0.600. The fourth-order valence-electron chi connectivity index (χ4n) is 2.67. The Morgan fingerprint density at radius 2 is 2.47 bits per heavy atom. The lowest BCUT2D eigenvalue weighted by Gasteiger charge is -2.18. The highest BCUT2D eigenvalue weighted by atomic mass is 16.2. The molecular formula is C10H14N4O. The maximum atomic E-state index is 11.9. The molecule has 3 rings (SSSR count). The van der Waals surface area contributed by atoms with Crippen molar-refractivity contribution in [3.63, 3.8) is 0 Å². The second-order valence-electron chi connectivity index (χ2n) is 4.37. The topological polar surface area (TPSA) is 69.8 Å². The molecule has 0 saturated carbocycles. The molecule has 2 aliphatic heterocycles. The number of hydrogen-bond donors (Lipinski definition) is 3. The van der Waals surface area contributed by atoms with Gasteiger partial charge in [0.15, 0.2) is 0 Å². The molecule has 80 valence electrons. The molecule has 3 atom stereocenters. The van der Waals surface area contributed by atoms with Crippen LogP contribution in [-0.4, -0.2) is 28.2 Å². The van der Waals surface area contributed by atoms with Crippen LogP contribution < -0.4 is 10.6 Å². The molecule has 2 aliphatic rings. The first-order chi connectivity index (χ1) is 7.33. The van der Waals surface area contributed by atoms with Crippen molar-refractivity contribution in [2.24, 2.45) is 5.92 Å². The van der Waals surface area contributed by atoms with E-state index < -0.39 is 0 Å². The first-order valence-electron chi connectivity index (χ1n) is 5.38. The number of carbonyl (C=O) groups is 1. The number of nitrogens with zero attached hydrogens (tertiary/aromatic N) is 1. The Bertz CT molecular complexity index is 362. The minimum atomic E-state index is 0.121. The molecule has 2 saturated heterocycles. The number of rotatable bonds is 2. The standard InChI is InChI=1S/C10H14N4O/c15-10(14-7-4-11-12-5-7)8-3-6-1-2-9(8)13-6/h4-6,8-9,13H,1-3H2,(H,11,12)(H,14,15). The molecule has 1 aromatic heterocycles. The third kappa shape index (κ3) is 1.52. The van der Waals surface area contributed by atoms with E-state index in [9.17, 15) is 4.79 Å². The minimum Gasteiger partial charge on any atom is -0.323 e. The Hall–Kier alpha value is -1.36. The largest absolute Gasteiger partial charge is 0.323 e. The number of aromatic amines is 1. The summed E-state index contributed by atoms with van der Waals surface area (Å²) in [4.78, 5) is 11.9. The molecule has 3 unspecified atom stereocenters. The van der Waals surface area contributed by atoms with Gasteiger partial charge in [0.05, 0.1) is 17.8 Å². The fourth-order valence-corrected chi connectivity index (χ4v) is 2.67. The summed E-state index contributed by atoms with van der Waals surface area (Å²) in [5.74, 6) is 0.259. The van der Waals surface area contributed by atoms with Gasteiger partial charge in [0.2, 0.25) is 5.91 Å². The number of hydrogen-bond acceptors (Lipinski definition) is 3. The first kappa shape index (κ1) is 8.91. The van der Waals surface area contributed by atoms with Crippen LogP contribution in [-0.2, 0) is 4.79 Å². The third-order valence-electron chi connectivity index (χ3n) is 3.40. The van der Waals surface area contributed by atoms with Crippen LogP contribution in [0.15, 0.2) is 12.4 Å². The molecule has 1 aromatic rings. The molecule has 5 heteroatoms. The minimum absolute atomic E-state index is 0.121. The normalized spacial score (nSPS) is 33.2. The molecule has 1 amide bonds. The van der Waals surface area contributed by atoms with Crippen molar-refractivity contribution < 1.29 is 4.79 Å². The van der Waals surface area contributed by atoms with Gasteiger partial charge in [-0.3, -0.25) is 9.89 Å². The van der Waals surface area contributed by atoms with E-state index >= 15 is 0 Å². The lowest BCUT2D eigenvalue weighted by Crippen LogP contribution is -2.32. The van der Waals surface area contributed by atoms with Crippen molar-refractivity contribution >= 4 is 11.6 Å². The van der Waals surface area contributed by atoms with Crippen molar-refractivity contribution in [3.8, 4) is 0 Å². The molecule has 2 fully saturated rings. The van der Waals surface area contributed by atoms with Crippen molar-refractivity contribution in [1.82, 2.24) is 15.5 Å². The molecule has 15 heavy (non-hydrogen) atoms. The summed E-state index contributed by atoms with van der Waals surface area (Å²) in [6, 6.07) is 0.956. The van der Waals surface area contributed by atoms with Gasteiger partial charge in [0.25, 0.3) is 0 Å². The van der Waals surface area contributed by atoms with Gasteiger partial charge in [-0.25, -0.2) is 0 Å². The van der Waals surface area contributed by atoms with Crippen LogP contribution >= 0.6 is 0 Å². The molecule has 0 aromatic carbocycles. The Balaban J connectivity index is 1.66. The van der Waals surface area contributed by atoms with Gasteiger partial charge in [-0.15, -0.1) is 0 Å². The van der Waals surface area contributed by atoms with Crippen LogP contribution in [0.5, 0.6) is 0 Å². The molecule has 2 bridgehead atoms. The molecule has 5 nitrogen and oxygen atoms in total. The summed E-state index contributed by atoms with van der Waals surface area (Å²) in [6.07, 6.45) is 6.65. The zero-order chi connectivity index (χ0) is 10.3. The van der Waals surface area contributed by atoms with E-state index in [1.165, 1.54) is 6.42 Å². The highest BCUT2D eigenvalue weighted by Gasteiger charge is 2.42. The van der Waals surface area contributed by atoms with E-state index in [-0.39, 0.29) is 11.8 Å². The number of H-pyrrole nitrogens is 1. The highest BCUT2D eigenvalue weighted by molar-refractivity contribution is 5.93. The van der Waals surface area contributed by atoms with E-state index in [1.54, 1.807) is 12.4 Å². The summed E-state index contributed by atoms with van der Waals surface area (Å²) in [5.41, 5.74) is 0.753. The van der Waals surface area contributed by atoms with Crippen molar-refractivity contribution in [2.45, 2.75) is 31.3 Å². The third-order valence-corrected chi connectivity index (χ3v) is 3.40. The summed E-state index contributed by atoms with van der Waals surface area (Å²) in [7, 11) is 0. The molecule has 3 N–H and O–H groups in total. The molecule has 0 radical (unpaired) electrons. The van der Waals surface area contributed by atoms with Crippen LogP contribution in [0.25, 0.3) is 0 Å². The number of carbonyl (C=O) groups excluding carboxylic acids is 1. The van der Waals surface area contributed by atoms with Crippen LogP contribution in [0, 0.1) is 5.92 Å². The van der Waals surface area contributed by atoms with Gasteiger partial charge in [0.1, 0.15) is 0 Å². The van der Waals surface area contributed by atoms with E-state index in [2.05, 4.69) is 20.8 Å². The smallest absolute Gasteiger partial charge is 0.229 e. The average molecular weight is 206 g/mol. The summed E-state index contributed by atoms with van der Waals surface area (Å²) >= 11 is 0. The van der Waals surface area contributed by atoms with Crippen LogP contribution in [0.4, 0.5) is 5.69 Å². The number of aromatic nitrogens is 2. The van der Waals surface area contributed by atoms with E-state index in [4.69, 9.17) is 0 Å². The molecule has 3 heterocycles. The number of fused-ring (bicyclic) bond motifs is 2. The highest BCUT2D eigenvalue weighted by Crippen LogP contribution is 2.33. The zero-order valence-corrected chi connectivity index (χ0v) is 8.36. The number of amides is 1. The second-order valence-corrected chi connectivity index (χ2v) is 4.37. The average Bonchev–Trinajstić information content (AvgIpc) is 2.93. The van der Waals surface area contributed by atoms with Gasteiger partial charge < -0.3 is 10.6 Å². The van der Waals surface area contributed by atoms with E-state index in [1.807, 2.05) is 0 Å². The zero-order valence-electron chi connectivity index (χ0n) is 8.36. The number of anilines is 1. The lowest BCUT2D eigenvalue weighted by atomic mass is 9.88. The predicted octanol–water partition coefficient (Wildman–Crippen LogP) is 0.489. The predicted molar refractivity (Wildman–Crippen MR) is 55.3 cm³/mol. The Morgan fingerprint density at radius 3 is 3.07 bits per heavy atom. The summed E-state index contributed by atoms with van der Waals surface area (Å²) < 4.78 is 0. The Labute approximate surface area is 87.6 Å². The van der Waals surface area contributed by atoms with Crippen LogP contribution in [0.3, 0.4) is 0 Å². The first-order valence-corrected chi connectivity index (χ1v) is 5.38. The SMILES string of the molecule is O=C(Nc1cn[nH]c1)C1CC2CCC1N2. The van der Waals surface area contributed by atoms with Crippen LogP contribution in [0.1, 0.15) is 19.3 Å². The molecule has 0 spiro atoms. The summed E-state index contributed by atoms with van der Waals surface area (Å²) in [6.45, 7) is 0. The lowest BCUT2D eigenvalue weighted by molar-refractivity contribution is -0.120. The Morgan fingerprint density at radius 1 is 1.53 bits per heavy atom. The summed E-state index contributed by atoms with van der Waals surface area (Å²) in [5, 5.41) is 12.8. The van der Waals surface area contributed by atoms with Crippen LogP contribution in [0.2, 0.25) is 0 Å². The Kier molecular flexibility index (Phi) is 1.98. The van der Waals surface area contributed by atoms with Crippen molar-refractivity contribution in [3.05, 3.63) is 12.4 Å². The van der Waals surface area contributed by atoms with Gasteiger partial charge in [0, 0.05) is 18.3 Å². The van der Waals surface area contributed by atoms with Gasteiger partial charge >= 0.3 is 0 Å². The maximum Gasteiger partial charge on any atom is 0.229 e. The maximum absolute atomic E-state index is 11.9. The van der Waals surface area contributed by atoms with Gasteiger partial charge in [-0.1, -0.05) is 0 Å². The quantitative estimate of drug-likeness (QED) is 0.659. The van der Waals surface area contributed by atoms with Gasteiger partial charge in [-0.2, -0.15) is 5.10 Å². The van der Waals surface area contributed by atoms with Crippen molar-refractivity contribution in [1.29, 1.82) is 0 Å². The molecular weight excluding hydrogens is 192 g/mol.